The highest BCUT2D eigenvalue weighted by Crippen LogP contribution is 2.28. The second-order valence-electron chi connectivity index (χ2n) is 6.84. The van der Waals surface area contributed by atoms with E-state index >= 15 is 0 Å². The maximum Gasteiger partial charge on any atom is 0.255 e. The van der Waals surface area contributed by atoms with Crippen molar-refractivity contribution in [1.29, 1.82) is 0 Å². The van der Waals surface area contributed by atoms with Gasteiger partial charge in [-0.3, -0.25) is 9.79 Å². The van der Waals surface area contributed by atoms with Gasteiger partial charge < -0.3 is 20.6 Å². The number of likely N-dealkylation sites (tertiary alicyclic amines) is 1. The molecule has 0 aromatic heterocycles. The predicted octanol–water partition coefficient (Wildman–Crippen LogP) is 2.44. The zero-order valence-corrected chi connectivity index (χ0v) is 17.5. The maximum absolute atomic E-state index is 12.0. The molecule has 1 aliphatic rings. The molecule has 0 spiro atoms. The number of guanidine groups is 1. The van der Waals surface area contributed by atoms with Crippen LogP contribution in [-0.4, -0.2) is 54.6 Å². The predicted molar refractivity (Wildman–Crippen MR) is 112 cm³/mol. The van der Waals surface area contributed by atoms with Crippen LogP contribution in [0.2, 0.25) is 0 Å². The number of halogens is 1. The van der Waals surface area contributed by atoms with Crippen molar-refractivity contribution in [3.63, 3.8) is 0 Å². The number of carbonyl (C=O) groups is 1. The summed E-state index contributed by atoms with van der Waals surface area (Å²) < 4.78 is 0. The quantitative estimate of drug-likeness (QED) is 0.273. The van der Waals surface area contributed by atoms with Crippen LogP contribution < -0.4 is 10.6 Å². The first-order chi connectivity index (χ1) is 11.4. The summed E-state index contributed by atoms with van der Waals surface area (Å²) in [5.41, 5.74) is 0.601. The molecule has 3 N–H and O–H groups in total. The summed E-state index contributed by atoms with van der Waals surface area (Å²) in [6, 6.07) is 6.53. The number of amides is 1. The van der Waals surface area contributed by atoms with Gasteiger partial charge in [0.25, 0.3) is 5.91 Å². The molecule has 1 aromatic rings. The first kappa shape index (κ1) is 21.5. The van der Waals surface area contributed by atoms with Crippen molar-refractivity contribution in [2.45, 2.75) is 27.2 Å². The number of nitrogens with one attached hydrogen (secondary N) is 2. The number of aromatic hydroxyl groups is 1. The third kappa shape index (κ3) is 6.37. The van der Waals surface area contributed by atoms with Crippen LogP contribution in [0.15, 0.2) is 29.3 Å². The molecular weight excluding hydrogens is 431 g/mol. The van der Waals surface area contributed by atoms with Crippen molar-refractivity contribution < 1.29 is 9.90 Å². The molecule has 0 bridgehead atoms. The Bertz CT molecular complexity index is 604. The molecule has 0 atom stereocenters. The van der Waals surface area contributed by atoms with Gasteiger partial charge in [-0.25, -0.2) is 0 Å². The van der Waals surface area contributed by atoms with E-state index in [0.717, 1.165) is 32.0 Å². The lowest BCUT2D eigenvalue weighted by molar-refractivity contribution is 0.0952. The number of rotatable bonds is 5. The minimum absolute atomic E-state index is 0. The minimum atomic E-state index is -0.282. The van der Waals surface area contributed by atoms with Crippen molar-refractivity contribution in [3.8, 4) is 5.75 Å². The van der Waals surface area contributed by atoms with Gasteiger partial charge in [0.15, 0.2) is 5.96 Å². The Morgan fingerprint density at radius 1 is 1.32 bits per heavy atom. The summed E-state index contributed by atoms with van der Waals surface area (Å²) in [4.78, 5) is 18.9. The van der Waals surface area contributed by atoms with Crippen LogP contribution in [0.25, 0.3) is 0 Å². The molecule has 2 rings (SSSR count). The topological polar surface area (TPSA) is 77.0 Å². The molecule has 1 saturated heterocycles. The van der Waals surface area contributed by atoms with Crippen LogP contribution in [0.3, 0.4) is 0 Å². The summed E-state index contributed by atoms with van der Waals surface area (Å²) >= 11 is 0. The minimum Gasteiger partial charge on any atom is -0.507 e. The standard InChI is InChI=1S/C18H28N4O2.HI/c1-4-19-17(22-12-9-18(2,3)13-22)21-11-10-20-16(24)14-7-5-6-8-15(14)23;/h5-8,23H,4,9-13H2,1-3H3,(H,19,21)(H,20,24);1H. The van der Waals surface area contributed by atoms with Crippen molar-refractivity contribution >= 4 is 35.8 Å². The van der Waals surface area contributed by atoms with Gasteiger partial charge in [-0.15, -0.1) is 24.0 Å². The normalized spacial score (nSPS) is 16.3. The molecule has 7 heteroatoms. The lowest BCUT2D eigenvalue weighted by Gasteiger charge is -2.23. The third-order valence-electron chi connectivity index (χ3n) is 4.12. The molecule has 0 aliphatic carbocycles. The number of benzene rings is 1. The molecule has 1 heterocycles. The van der Waals surface area contributed by atoms with E-state index < -0.39 is 0 Å². The highest BCUT2D eigenvalue weighted by atomic mass is 127. The van der Waals surface area contributed by atoms with E-state index in [-0.39, 0.29) is 41.2 Å². The highest BCUT2D eigenvalue weighted by Gasteiger charge is 2.30. The zero-order chi connectivity index (χ0) is 17.6. The van der Waals surface area contributed by atoms with E-state index in [4.69, 9.17) is 0 Å². The molecule has 140 valence electrons. The molecule has 1 amide bonds. The fraction of sp³-hybridized carbons (Fsp3) is 0.556. The lowest BCUT2D eigenvalue weighted by Crippen LogP contribution is -2.41. The summed E-state index contributed by atoms with van der Waals surface area (Å²) in [6.45, 7) is 10.3. The number of phenols is 1. The van der Waals surface area contributed by atoms with Gasteiger partial charge in [-0.05, 0) is 30.9 Å². The van der Waals surface area contributed by atoms with Crippen LogP contribution in [0.4, 0.5) is 0 Å². The second-order valence-corrected chi connectivity index (χ2v) is 6.84. The Hall–Kier alpha value is -1.51. The van der Waals surface area contributed by atoms with Crippen molar-refractivity contribution in [2.24, 2.45) is 10.4 Å². The molecule has 1 fully saturated rings. The van der Waals surface area contributed by atoms with Gasteiger partial charge in [0.2, 0.25) is 0 Å². The molecular formula is C18H29IN4O2. The highest BCUT2D eigenvalue weighted by molar-refractivity contribution is 14.0. The molecule has 0 unspecified atom stereocenters. The van der Waals surface area contributed by atoms with Crippen molar-refractivity contribution in [3.05, 3.63) is 29.8 Å². The molecule has 0 saturated carbocycles. The monoisotopic (exact) mass is 460 g/mol. The number of hydrogen-bond donors (Lipinski definition) is 3. The van der Waals surface area contributed by atoms with E-state index in [1.807, 2.05) is 0 Å². The molecule has 6 nitrogen and oxygen atoms in total. The van der Waals surface area contributed by atoms with Crippen LogP contribution in [-0.2, 0) is 0 Å². The summed E-state index contributed by atoms with van der Waals surface area (Å²) in [5.74, 6) is 0.613. The first-order valence-corrected chi connectivity index (χ1v) is 8.52. The fourth-order valence-corrected chi connectivity index (χ4v) is 2.81. The number of para-hydroxylation sites is 1. The number of nitrogens with zero attached hydrogens (tertiary/aromatic N) is 2. The summed E-state index contributed by atoms with van der Waals surface area (Å²) in [5, 5.41) is 15.8. The van der Waals surface area contributed by atoms with Crippen LogP contribution >= 0.6 is 24.0 Å². The van der Waals surface area contributed by atoms with Crippen LogP contribution in [0.1, 0.15) is 37.6 Å². The van der Waals surface area contributed by atoms with Crippen molar-refractivity contribution in [1.82, 2.24) is 15.5 Å². The fourth-order valence-electron chi connectivity index (χ4n) is 2.81. The van der Waals surface area contributed by atoms with Gasteiger partial charge in [0.1, 0.15) is 5.75 Å². The Labute approximate surface area is 167 Å². The Morgan fingerprint density at radius 3 is 2.64 bits per heavy atom. The second kappa shape index (κ2) is 9.84. The van der Waals surface area contributed by atoms with Gasteiger partial charge in [0, 0.05) is 26.2 Å². The number of aliphatic imine (C=N–C) groups is 1. The molecule has 1 aromatic carbocycles. The number of carbonyl (C=O) groups excluding carboxylic acids is 1. The van der Waals surface area contributed by atoms with Crippen LogP contribution in [0.5, 0.6) is 5.75 Å². The van der Waals surface area contributed by atoms with Crippen LogP contribution in [0, 0.1) is 5.41 Å². The van der Waals surface area contributed by atoms with Gasteiger partial charge in [-0.2, -0.15) is 0 Å². The average molecular weight is 460 g/mol. The SMILES string of the molecule is CCNC(=NCCNC(=O)c1ccccc1O)N1CCC(C)(C)C1.I. The number of hydrogen-bond acceptors (Lipinski definition) is 3. The van der Waals surface area contributed by atoms with E-state index in [0.29, 0.717) is 18.5 Å². The van der Waals surface area contributed by atoms with Crippen molar-refractivity contribution in [2.75, 3.05) is 32.7 Å². The summed E-state index contributed by atoms with van der Waals surface area (Å²) in [7, 11) is 0. The first-order valence-electron chi connectivity index (χ1n) is 8.52. The van der Waals surface area contributed by atoms with Gasteiger partial charge in [0.05, 0.1) is 12.1 Å². The Kier molecular flexibility index (Phi) is 8.47. The van der Waals surface area contributed by atoms with Gasteiger partial charge in [-0.1, -0.05) is 26.0 Å². The van der Waals surface area contributed by atoms with E-state index in [1.54, 1.807) is 18.2 Å². The lowest BCUT2D eigenvalue weighted by atomic mass is 9.93. The largest absolute Gasteiger partial charge is 0.507 e. The zero-order valence-electron chi connectivity index (χ0n) is 15.2. The van der Waals surface area contributed by atoms with E-state index in [9.17, 15) is 9.90 Å². The van der Waals surface area contributed by atoms with Gasteiger partial charge >= 0.3 is 0 Å². The third-order valence-corrected chi connectivity index (χ3v) is 4.12. The average Bonchev–Trinajstić information content (AvgIpc) is 2.90. The molecule has 25 heavy (non-hydrogen) atoms. The maximum atomic E-state index is 12.0. The number of phenolic OH excluding ortho intramolecular Hbond substituents is 1. The molecule has 0 radical (unpaired) electrons. The summed E-state index contributed by atoms with van der Waals surface area (Å²) in [6.07, 6.45) is 1.15. The Morgan fingerprint density at radius 2 is 2.04 bits per heavy atom. The van der Waals surface area contributed by atoms with E-state index in [1.165, 1.54) is 6.07 Å². The Balaban J connectivity index is 0.00000312. The smallest absolute Gasteiger partial charge is 0.255 e. The molecule has 1 aliphatic heterocycles. The van der Waals surface area contributed by atoms with E-state index in [2.05, 4.69) is 41.3 Å².